The van der Waals surface area contributed by atoms with Gasteiger partial charge in [-0.1, -0.05) is 0 Å². The molecule has 0 fully saturated rings. The van der Waals surface area contributed by atoms with Crippen molar-refractivity contribution in [2.75, 3.05) is 0 Å². The van der Waals surface area contributed by atoms with Gasteiger partial charge in [0.2, 0.25) is 0 Å². The van der Waals surface area contributed by atoms with Crippen LogP contribution in [-0.2, 0) is 51.2 Å². The van der Waals surface area contributed by atoms with Gasteiger partial charge in [-0.05, 0) is 11.0 Å². The van der Waals surface area contributed by atoms with Crippen LogP contribution in [0.3, 0.4) is 0 Å². The van der Waals surface area contributed by atoms with Gasteiger partial charge < -0.3 is 0 Å². The van der Waals surface area contributed by atoms with Crippen LogP contribution >= 0.6 is 0 Å². The van der Waals surface area contributed by atoms with Gasteiger partial charge in [0.1, 0.15) is 17.4 Å². The smallest absolute Gasteiger partial charge is 0.00934 e. The first kappa shape index (κ1) is 54.6. The second kappa shape index (κ2) is 33.4. The Labute approximate surface area is 78.8 Å². The molecule has 0 aliphatic carbocycles. The van der Waals surface area contributed by atoms with E-state index in [1.807, 2.05) is 0 Å². The van der Waals surface area contributed by atoms with E-state index in [2.05, 4.69) is 0 Å². The molecule has 0 rings (SSSR count). The molecule has 0 bridgehead atoms. The van der Waals surface area contributed by atoms with Gasteiger partial charge in [0.25, 0.3) is 0 Å². The van der Waals surface area contributed by atoms with Crippen LogP contribution in [-0.4, -0.2) is 28.3 Å². The van der Waals surface area contributed by atoms with E-state index in [0.29, 0.717) is 0 Å². The van der Waals surface area contributed by atoms with E-state index in [4.69, 9.17) is 0 Å². The molecule has 0 aliphatic rings. The summed E-state index contributed by atoms with van der Waals surface area (Å²) in [7, 11) is 0. The van der Waals surface area contributed by atoms with Crippen LogP contribution in [0.25, 0.3) is 0 Å². The first-order valence-corrected chi connectivity index (χ1v) is 0. The standard InChI is InChI=1S/Al.2Fe.Mn.H2Si.2H/h;;;;1H2;;. The molecule has 0 spiro atoms. The van der Waals surface area contributed by atoms with Crippen molar-refractivity contribution in [3.8, 4) is 0 Å². The minimum Gasteiger partial charge on any atom is -0.00934 e. The number of hydrogen-bond acceptors (Lipinski definition) is 0. The summed E-state index contributed by atoms with van der Waals surface area (Å²) in [6.45, 7) is 0. The maximum atomic E-state index is 0. The summed E-state index contributed by atoms with van der Waals surface area (Å²) in [5, 5.41) is 0. The predicted molar refractivity (Wildman–Crippen MR) is 17.1 cm³/mol. The summed E-state index contributed by atoms with van der Waals surface area (Å²) in [4.78, 5) is 0. The zero-order valence-electron chi connectivity index (χ0n) is 2.79. The SMILES string of the molecule is [AlH2].[Fe].[Fe].[Mn].[SiH2]. The summed E-state index contributed by atoms with van der Waals surface area (Å²) in [6.07, 6.45) is 0. The van der Waals surface area contributed by atoms with Crippen molar-refractivity contribution in [1.82, 2.24) is 0 Å². The molecule has 5 heteroatoms. The predicted octanol–water partition coefficient (Wildman–Crippen LogP) is -1.84. The Morgan fingerprint density at radius 1 is 0.800 bits per heavy atom. The van der Waals surface area contributed by atoms with Gasteiger partial charge in [-0.3, -0.25) is 0 Å². The summed E-state index contributed by atoms with van der Waals surface area (Å²) >= 11 is 0. The van der Waals surface area contributed by atoms with Gasteiger partial charge in [-0.15, -0.1) is 0 Å². The fraction of sp³-hybridized carbons (Fsp3) is 0. The van der Waals surface area contributed by atoms with Crippen LogP contribution in [0.15, 0.2) is 0 Å². The molecule has 0 aromatic heterocycles. The number of hydrogen-bond donors (Lipinski definition) is 0. The Morgan fingerprint density at radius 3 is 0.800 bits per heavy atom. The van der Waals surface area contributed by atoms with Crippen molar-refractivity contribution in [2.24, 2.45) is 0 Å². The maximum absolute atomic E-state index is 0. The molecule has 0 nitrogen and oxygen atoms in total. The quantitative estimate of drug-likeness (QED) is 0.425. The van der Waals surface area contributed by atoms with Gasteiger partial charge in [-0.2, -0.15) is 0 Å². The monoisotopic (exact) mass is 226 g/mol. The van der Waals surface area contributed by atoms with E-state index in [-0.39, 0.29) is 79.5 Å². The molecule has 34 valence electrons. The molecule has 0 aromatic carbocycles. The van der Waals surface area contributed by atoms with Crippen molar-refractivity contribution in [2.45, 2.75) is 0 Å². The Morgan fingerprint density at radius 2 is 0.800 bits per heavy atom. The van der Waals surface area contributed by atoms with Crippen LogP contribution in [0, 0.1) is 0 Å². The van der Waals surface area contributed by atoms with E-state index in [1.54, 1.807) is 0 Å². The first-order chi connectivity index (χ1) is 0. The molecule has 0 aliphatic heterocycles. The van der Waals surface area contributed by atoms with Crippen LogP contribution in [0.2, 0.25) is 0 Å². The van der Waals surface area contributed by atoms with Crippen LogP contribution in [0.4, 0.5) is 0 Å². The Hall–Kier alpha value is 2.31. The normalized spacial score (nSPS) is 0. The molecule has 0 amide bonds. The topological polar surface area (TPSA) is 0 Å². The van der Waals surface area contributed by atoms with Crippen LogP contribution in [0.5, 0.6) is 0 Å². The summed E-state index contributed by atoms with van der Waals surface area (Å²) in [6, 6.07) is 0. The van der Waals surface area contributed by atoms with Crippen molar-refractivity contribution in [1.29, 1.82) is 0 Å². The first-order valence-electron chi connectivity index (χ1n) is 0. The van der Waals surface area contributed by atoms with Gasteiger partial charge in [0, 0.05) is 51.2 Å². The van der Waals surface area contributed by atoms with Crippen molar-refractivity contribution >= 4 is 28.3 Å². The second-order valence-corrected chi connectivity index (χ2v) is 0. The average Bonchev–Trinajstić information content (AvgIpc) is 0. The average molecular weight is 226 g/mol. The fourth-order valence-electron chi connectivity index (χ4n) is 0. The molecule has 5 heavy (non-hydrogen) atoms. The van der Waals surface area contributed by atoms with Crippen LogP contribution < -0.4 is 0 Å². The molecule has 0 saturated heterocycles. The number of rotatable bonds is 0. The summed E-state index contributed by atoms with van der Waals surface area (Å²) < 4.78 is 0. The van der Waals surface area contributed by atoms with Crippen molar-refractivity contribution in [3.63, 3.8) is 0 Å². The molecule has 0 atom stereocenters. The largest absolute Gasteiger partial charge is 0.146 e. The van der Waals surface area contributed by atoms with E-state index >= 15 is 0 Å². The summed E-state index contributed by atoms with van der Waals surface area (Å²) in [5.41, 5.74) is 0. The Bertz CT molecular complexity index is 9.61. The Kier molecular flexibility index (Phi) is 364. The molecule has 0 aromatic rings. The molecule has 0 N–H and O–H groups in total. The zero-order chi connectivity index (χ0) is 0. The van der Waals surface area contributed by atoms with Crippen LogP contribution in [0.1, 0.15) is 0 Å². The molecule has 0 saturated carbocycles. The third-order valence-corrected chi connectivity index (χ3v) is 0. The molecule has 4 radical (unpaired) electrons. The summed E-state index contributed by atoms with van der Waals surface area (Å²) in [5.74, 6) is 0. The van der Waals surface area contributed by atoms with Crippen molar-refractivity contribution < 1.29 is 51.2 Å². The third-order valence-electron chi connectivity index (χ3n) is 0. The zero-order valence-corrected chi connectivity index (χ0v) is 9.60. The van der Waals surface area contributed by atoms with Gasteiger partial charge in [0.05, 0.1) is 0 Å². The maximum Gasteiger partial charge on any atom is 0.146 e. The minimum atomic E-state index is 0. The molecule has 0 heterocycles. The second-order valence-electron chi connectivity index (χ2n) is 0. The van der Waals surface area contributed by atoms with Gasteiger partial charge in [0.15, 0.2) is 0 Å². The molecular formula is H4AlFe2MnSi. The molecule has 0 unspecified atom stereocenters. The third kappa shape index (κ3) is 22.0. The fourth-order valence-corrected chi connectivity index (χ4v) is 0. The van der Waals surface area contributed by atoms with E-state index in [9.17, 15) is 0 Å². The van der Waals surface area contributed by atoms with E-state index in [0.717, 1.165) is 0 Å². The molecular weight excluding hydrogens is 222 g/mol. The van der Waals surface area contributed by atoms with Gasteiger partial charge >= 0.3 is 0 Å². The Balaban J connectivity index is 0. The van der Waals surface area contributed by atoms with E-state index < -0.39 is 0 Å². The van der Waals surface area contributed by atoms with Gasteiger partial charge in [-0.25, -0.2) is 0 Å². The van der Waals surface area contributed by atoms with Crippen molar-refractivity contribution in [3.05, 3.63) is 0 Å². The minimum absolute atomic E-state index is 0. The van der Waals surface area contributed by atoms with E-state index in [1.165, 1.54) is 0 Å².